The number of urea groups is 1. The summed E-state index contributed by atoms with van der Waals surface area (Å²) in [5, 5.41) is 11.0. The fourth-order valence-corrected chi connectivity index (χ4v) is 4.33. The second-order valence-electron chi connectivity index (χ2n) is 8.59. The average Bonchev–Trinajstić information content (AvgIpc) is 3.40. The summed E-state index contributed by atoms with van der Waals surface area (Å²) in [6.07, 6.45) is 3.25. The van der Waals surface area contributed by atoms with Crippen molar-refractivity contribution in [1.29, 1.82) is 0 Å². The van der Waals surface area contributed by atoms with Crippen molar-refractivity contribution in [3.63, 3.8) is 0 Å². The molecule has 1 atom stereocenters. The highest BCUT2D eigenvalue weighted by Gasteiger charge is 2.23. The van der Waals surface area contributed by atoms with Gasteiger partial charge in [-0.15, -0.1) is 0 Å². The Kier molecular flexibility index (Phi) is 8.54. The molecule has 0 aromatic heterocycles. The molecule has 4 rings (SSSR count). The summed E-state index contributed by atoms with van der Waals surface area (Å²) in [4.78, 5) is 12.9. The maximum absolute atomic E-state index is 12.9. The van der Waals surface area contributed by atoms with E-state index in [-0.39, 0.29) is 12.1 Å². The summed E-state index contributed by atoms with van der Waals surface area (Å²) in [5.74, 6) is 1.51. The molecule has 0 radical (unpaired) electrons. The van der Waals surface area contributed by atoms with E-state index in [9.17, 15) is 4.79 Å². The van der Waals surface area contributed by atoms with Gasteiger partial charge in [0.2, 0.25) is 0 Å². The first kappa shape index (κ1) is 23.8. The highest BCUT2D eigenvalue weighted by atomic mass is 16.5. The number of likely N-dealkylation sites (N-methyl/N-ethyl adjacent to an activating group) is 1. The highest BCUT2D eigenvalue weighted by Crippen LogP contribution is 2.22. The largest absolute Gasteiger partial charge is 0.457 e. The number of carbonyl (C=O) groups excluding carboxylic acids is 1. The Hall–Kier alpha value is -3.35. The molecule has 0 bridgehead atoms. The van der Waals surface area contributed by atoms with Gasteiger partial charge in [0.05, 0.1) is 0 Å². The molecule has 0 aliphatic carbocycles. The molecule has 34 heavy (non-hydrogen) atoms. The zero-order chi connectivity index (χ0) is 23.6. The van der Waals surface area contributed by atoms with Crippen LogP contribution in [0.3, 0.4) is 0 Å². The summed E-state index contributed by atoms with van der Waals surface area (Å²) < 4.78 is 5.84. The normalized spacial score (nSPS) is 14.6. The lowest BCUT2D eigenvalue weighted by Crippen LogP contribution is -2.51. The van der Waals surface area contributed by atoms with E-state index in [4.69, 9.17) is 4.74 Å². The van der Waals surface area contributed by atoms with E-state index in [1.807, 2.05) is 72.8 Å². The van der Waals surface area contributed by atoms with Crippen LogP contribution in [0.1, 0.15) is 25.3 Å². The van der Waals surface area contributed by atoms with Crippen molar-refractivity contribution in [2.45, 2.75) is 32.2 Å². The SMILES string of the molecule is CCN(CC(Cc1ccccc1)NC(=O)Nc1ccc(Oc2ccccc2)cc1)N1CCCC1. The molecule has 1 aliphatic heterocycles. The van der Waals surface area contributed by atoms with Gasteiger partial charge in [0.15, 0.2) is 0 Å². The van der Waals surface area contributed by atoms with Gasteiger partial charge in [0, 0.05) is 37.9 Å². The van der Waals surface area contributed by atoms with Crippen LogP contribution in [0.5, 0.6) is 11.5 Å². The van der Waals surface area contributed by atoms with Crippen LogP contribution in [-0.2, 0) is 6.42 Å². The predicted molar refractivity (Wildman–Crippen MR) is 137 cm³/mol. The summed E-state index contributed by atoms with van der Waals surface area (Å²) in [5.41, 5.74) is 1.94. The Labute approximate surface area is 202 Å². The Bertz CT molecular complexity index is 1010. The maximum Gasteiger partial charge on any atom is 0.319 e. The van der Waals surface area contributed by atoms with Crippen molar-refractivity contribution in [2.75, 3.05) is 31.5 Å². The van der Waals surface area contributed by atoms with Crippen LogP contribution in [0.15, 0.2) is 84.9 Å². The molecule has 0 saturated carbocycles. The number of carbonyl (C=O) groups is 1. The maximum atomic E-state index is 12.9. The molecule has 1 fully saturated rings. The van der Waals surface area contributed by atoms with Crippen LogP contribution < -0.4 is 15.4 Å². The monoisotopic (exact) mass is 458 g/mol. The second-order valence-corrected chi connectivity index (χ2v) is 8.59. The summed E-state index contributed by atoms with van der Waals surface area (Å²) in [6, 6.07) is 27.2. The van der Waals surface area contributed by atoms with Crippen molar-refractivity contribution in [2.24, 2.45) is 0 Å². The Morgan fingerprint density at radius 3 is 2.18 bits per heavy atom. The van der Waals surface area contributed by atoms with Crippen molar-refractivity contribution < 1.29 is 9.53 Å². The van der Waals surface area contributed by atoms with E-state index >= 15 is 0 Å². The molecule has 178 valence electrons. The van der Waals surface area contributed by atoms with Crippen LogP contribution >= 0.6 is 0 Å². The van der Waals surface area contributed by atoms with Gasteiger partial charge in [-0.3, -0.25) is 0 Å². The number of anilines is 1. The fourth-order valence-electron chi connectivity index (χ4n) is 4.33. The summed E-state index contributed by atoms with van der Waals surface area (Å²) in [6.45, 7) is 6.07. The second kappa shape index (κ2) is 12.2. The van der Waals surface area contributed by atoms with Gasteiger partial charge >= 0.3 is 6.03 Å². The Morgan fingerprint density at radius 2 is 1.53 bits per heavy atom. The first-order chi connectivity index (χ1) is 16.7. The minimum Gasteiger partial charge on any atom is -0.457 e. The third-order valence-electron chi connectivity index (χ3n) is 6.03. The number of nitrogens with zero attached hydrogens (tertiary/aromatic N) is 2. The molecule has 3 aromatic rings. The zero-order valence-electron chi connectivity index (χ0n) is 19.8. The van der Waals surface area contributed by atoms with Crippen molar-refractivity contribution >= 4 is 11.7 Å². The number of ether oxygens (including phenoxy) is 1. The third-order valence-corrected chi connectivity index (χ3v) is 6.03. The molecule has 6 heteroatoms. The van der Waals surface area contributed by atoms with Gasteiger partial charge in [-0.25, -0.2) is 14.8 Å². The van der Waals surface area contributed by atoms with Crippen molar-refractivity contribution in [3.8, 4) is 11.5 Å². The number of hydrogen-bond acceptors (Lipinski definition) is 4. The number of para-hydroxylation sites is 1. The predicted octanol–water partition coefficient (Wildman–Crippen LogP) is 5.54. The van der Waals surface area contributed by atoms with E-state index in [1.54, 1.807) is 0 Å². The molecule has 3 aromatic carbocycles. The van der Waals surface area contributed by atoms with Gasteiger partial charge in [-0.05, 0) is 61.2 Å². The van der Waals surface area contributed by atoms with E-state index in [1.165, 1.54) is 18.4 Å². The molecule has 2 N–H and O–H groups in total. The minimum atomic E-state index is -0.199. The molecule has 0 spiro atoms. The molecule has 1 heterocycles. The summed E-state index contributed by atoms with van der Waals surface area (Å²) >= 11 is 0. The van der Waals surface area contributed by atoms with Crippen molar-refractivity contribution in [1.82, 2.24) is 15.3 Å². The Balaban J connectivity index is 1.37. The third kappa shape index (κ3) is 7.07. The topological polar surface area (TPSA) is 56.8 Å². The van der Waals surface area contributed by atoms with Gasteiger partial charge in [0.1, 0.15) is 11.5 Å². The smallest absolute Gasteiger partial charge is 0.319 e. The lowest BCUT2D eigenvalue weighted by molar-refractivity contribution is -0.00517. The van der Waals surface area contributed by atoms with Crippen LogP contribution in [0.4, 0.5) is 10.5 Å². The molecular weight excluding hydrogens is 424 g/mol. The van der Waals surface area contributed by atoms with Crippen molar-refractivity contribution in [3.05, 3.63) is 90.5 Å². The molecule has 1 saturated heterocycles. The van der Waals surface area contributed by atoms with Gasteiger partial charge < -0.3 is 15.4 Å². The van der Waals surface area contributed by atoms with Crippen LogP contribution in [-0.4, -0.2) is 48.3 Å². The van der Waals surface area contributed by atoms with Crippen LogP contribution in [0, 0.1) is 0 Å². The first-order valence-corrected chi connectivity index (χ1v) is 12.1. The highest BCUT2D eigenvalue weighted by molar-refractivity contribution is 5.89. The number of nitrogens with one attached hydrogen (secondary N) is 2. The fraction of sp³-hybridized carbons (Fsp3) is 0.321. The van der Waals surface area contributed by atoms with E-state index in [2.05, 4.69) is 39.7 Å². The van der Waals surface area contributed by atoms with Crippen LogP contribution in [0.2, 0.25) is 0 Å². The quantitative estimate of drug-likeness (QED) is 0.419. The molecular formula is C28H34N4O2. The molecule has 2 amide bonds. The number of hydrogen-bond donors (Lipinski definition) is 2. The lowest BCUT2D eigenvalue weighted by Gasteiger charge is -2.34. The number of hydrazine groups is 1. The zero-order valence-corrected chi connectivity index (χ0v) is 19.8. The lowest BCUT2D eigenvalue weighted by atomic mass is 10.1. The van der Waals surface area contributed by atoms with Crippen LogP contribution in [0.25, 0.3) is 0 Å². The number of rotatable bonds is 10. The Morgan fingerprint density at radius 1 is 0.912 bits per heavy atom. The van der Waals surface area contributed by atoms with E-state index in [0.717, 1.165) is 49.8 Å². The average molecular weight is 459 g/mol. The number of amides is 2. The van der Waals surface area contributed by atoms with Gasteiger partial charge in [-0.2, -0.15) is 0 Å². The minimum absolute atomic E-state index is 0.0105. The van der Waals surface area contributed by atoms with E-state index in [0.29, 0.717) is 0 Å². The molecule has 6 nitrogen and oxygen atoms in total. The molecule has 1 aliphatic rings. The van der Waals surface area contributed by atoms with Gasteiger partial charge in [-0.1, -0.05) is 55.5 Å². The first-order valence-electron chi connectivity index (χ1n) is 12.1. The molecule has 1 unspecified atom stereocenters. The summed E-state index contributed by atoms with van der Waals surface area (Å²) in [7, 11) is 0. The van der Waals surface area contributed by atoms with Gasteiger partial charge in [0.25, 0.3) is 0 Å². The van der Waals surface area contributed by atoms with E-state index < -0.39 is 0 Å². The standard InChI is InChI=1S/C28H34N4O2/c1-2-31(32-19-9-10-20-32)22-25(21-23-11-5-3-6-12-23)30-28(33)29-24-15-17-27(18-16-24)34-26-13-7-4-8-14-26/h3-8,11-18,25H,2,9-10,19-22H2,1H3,(H2,29,30,33). The number of benzene rings is 3.